The fourth-order valence-electron chi connectivity index (χ4n) is 1.63. The van der Waals surface area contributed by atoms with Crippen LogP contribution in [0.15, 0.2) is 0 Å². The Bertz CT molecular complexity index is 168. The van der Waals surface area contributed by atoms with Gasteiger partial charge >= 0.3 is 5.97 Å². The number of rotatable bonds is 3. The highest BCUT2D eigenvalue weighted by atomic mass is 16.5. The zero-order valence-electron chi connectivity index (χ0n) is 8.41. The summed E-state index contributed by atoms with van der Waals surface area (Å²) in [6.07, 6.45) is 2.76. The predicted octanol–water partition coefficient (Wildman–Crippen LogP) is 1.75. The molecule has 0 radical (unpaired) electrons. The van der Waals surface area contributed by atoms with Crippen molar-refractivity contribution in [2.45, 2.75) is 39.2 Å². The van der Waals surface area contributed by atoms with E-state index in [0.29, 0.717) is 18.9 Å². The summed E-state index contributed by atoms with van der Waals surface area (Å²) >= 11 is 0. The third-order valence-corrected chi connectivity index (χ3v) is 2.44. The van der Waals surface area contributed by atoms with Gasteiger partial charge in [-0.2, -0.15) is 0 Å². The van der Waals surface area contributed by atoms with Gasteiger partial charge in [0.1, 0.15) is 0 Å². The molecule has 1 rings (SSSR count). The minimum Gasteiger partial charge on any atom is -0.466 e. The molecule has 3 nitrogen and oxygen atoms in total. The second-order valence-electron chi connectivity index (χ2n) is 3.54. The average Bonchev–Trinajstić information content (AvgIpc) is 2.09. The zero-order chi connectivity index (χ0) is 9.68. The predicted molar refractivity (Wildman–Crippen MR) is 49.4 cm³/mol. The average molecular weight is 186 g/mol. The van der Waals surface area contributed by atoms with Gasteiger partial charge in [-0.1, -0.05) is 6.92 Å². The van der Waals surface area contributed by atoms with Crippen molar-refractivity contribution in [3.05, 3.63) is 0 Å². The lowest BCUT2D eigenvalue weighted by Gasteiger charge is -2.28. The van der Waals surface area contributed by atoms with E-state index in [-0.39, 0.29) is 12.1 Å². The summed E-state index contributed by atoms with van der Waals surface area (Å²) in [5.74, 6) is 0.347. The second kappa shape index (κ2) is 5.22. The number of esters is 1. The van der Waals surface area contributed by atoms with Crippen LogP contribution >= 0.6 is 0 Å². The number of hydrogen-bond donors (Lipinski definition) is 0. The minimum atomic E-state index is -0.138. The molecule has 0 aromatic carbocycles. The maximum Gasteiger partial charge on any atom is 0.308 e. The first-order valence-electron chi connectivity index (χ1n) is 5.01. The molecular formula is C10H18O3. The van der Waals surface area contributed by atoms with E-state index in [0.717, 1.165) is 19.4 Å². The molecule has 0 saturated carbocycles. The fraction of sp³-hybridized carbons (Fsp3) is 0.900. The topological polar surface area (TPSA) is 35.5 Å². The van der Waals surface area contributed by atoms with Gasteiger partial charge in [-0.15, -0.1) is 0 Å². The summed E-state index contributed by atoms with van der Waals surface area (Å²) in [6.45, 7) is 5.19. The van der Waals surface area contributed by atoms with Crippen molar-refractivity contribution < 1.29 is 14.3 Å². The molecule has 0 amide bonds. The molecule has 3 heteroatoms. The lowest BCUT2D eigenvalue weighted by molar-refractivity contribution is -0.148. The molecule has 1 fully saturated rings. The van der Waals surface area contributed by atoms with Crippen molar-refractivity contribution in [3.63, 3.8) is 0 Å². The van der Waals surface area contributed by atoms with E-state index >= 15 is 0 Å². The first-order valence-corrected chi connectivity index (χ1v) is 5.01. The number of carbonyl (C=O) groups is 1. The first kappa shape index (κ1) is 10.5. The van der Waals surface area contributed by atoms with Gasteiger partial charge in [0.2, 0.25) is 0 Å². The van der Waals surface area contributed by atoms with E-state index in [4.69, 9.17) is 9.47 Å². The van der Waals surface area contributed by atoms with Crippen LogP contribution in [0.25, 0.3) is 0 Å². The van der Waals surface area contributed by atoms with Crippen LogP contribution in [0.2, 0.25) is 0 Å². The molecule has 76 valence electrons. The lowest BCUT2D eigenvalue weighted by atomic mass is 9.94. The van der Waals surface area contributed by atoms with Gasteiger partial charge in [-0.3, -0.25) is 4.79 Å². The Kier molecular flexibility index (Phi) is 4.22. The van der Waals surface area contributed by atoms with Crippen LogP contribution in [0, 0.1) is 5.92 Å². The Morgan fingerprint density at radius 3 is 3.00 bits per heavy atom. The second-order valence-corrected chi connectivity index (χ2v) is 3.54. The molecule has 13 heavy (non-hydrogen) atoms. The van der Waals surface area contributed by atoms with Crippen LogP contribution in [0.4, 0.5) is 0 Å². The number of carbonyl (C=O) groups excluding carboxylic acids is 1. The molecule has 0 aromatic rings. The molecule has 1 aliphatic heterocycles. The third-order valence-electron chi connectivity index (χ3n) is 2.44. The molecule has 0 N–H and O–H groups in total. The maximum atomic E-state index is 11.2. The summed E-state index contributed by atoms with van der Waals surface area (Å²) < 4.78 is 10.4. The van der Waals surface area contributed by atoms with Gasteiger partial charge < -0.3 is 9.47 Å². The standard InChI is InChI=1S/C10H18O3/c1-3-12-10(11)7-9-8(2)5-4-6-13-9/h8-9H,3-7H2,1-2H3/t8-,9+/m0/s1. The largest absolute Gasteiger partial charge is 0.466 e. The third kappa shape index (κ3) is 3.35. The molecule has 0 spiro atoms. The van der Waals surface area contributed by atoms with Crippen LogP contribution in [0.3, 0.4) is 0 Å². The van der Waals surface area contributed by atoms with Crippen LogP contribution in [0.1, 0.15) is 33.1 Å². The molecule has 0 bridgehead atoms. The Morgan fingerprint density at radius 2 is 2.38 bits per heavy atom. The summed E-state index contributed by atoms with van der Waals surface area (Å²) in [6, 6.07) is 0. The molecular weight excluding hydrogens is 168 g/mol. The molecule has 1 heterocycles. The SMILES string of the molecule is CCOC(=O)C[C@H]1OCCC[C@@H]1C. The van der Waals surface area contributed by atoms with Crippen LogP contribution in [0.5, 0.6) is 0 Å². The number of ether oxygens (including phenoxy) is 2. The summed E-state index contributed by atoms with van der Waals surface area (Å²) in [5, 5.41) is 0. The van der Waals surface area contributed by atoms with Crippen molar-refractivity contribution in [3.8, 4) is 0 Å². The first-order chi connectivity index (χ1) is 6.24. The highest BCUT2D eigenvalue weighted by molar-refractivity contribution is 5.69. The van der Waals surface area contributed by atoms with E-state index in [1.807, 2.05) is 6.92 Å². The molecule has 0 unspecified atom stereocenters. The Labute approximate surface area is 79.4 Å². The van der Waals surface area contributed by atoms with Crippen LogP contribution in [-0.2, 0) is 14.3 Å². The van der Waals surface area contributed by atoms with Gasteiger partial charge in [0.15, 0.2) is 0 Å². The highest BCUT2D eigenvalue weighted by Crippen LogP contribution is 2.22. The summed E-state index contributed by atoms with van der Waals surface area (Å²) in [4.78, 5) is 11.2. The Balaban J connectivity index is 2.29. The summed E-state index contributed by atoms with van der Waals surface area (Å²) in [7, 11) is 0. The fourth-order valence-corrected chi connectivity index (χ4v) is 1.63. The molecule has 0 aliphatic carbocycles. The highest BCUT2D eigenvalue weighted by Gasteiger charge is 2.24. The lowest BCUT2D eigenvalue weighted by Crippen LogP contribution is -2.30. The van der Waals surface area contributed by atoms with E-state index in [1.54, 1.807) is 0 Å². The van der Waals surface area contributed by atoms with Gasteiger partial charge in [-0.05, 0) is 25.7 Å². The maximum absolute atomic E-state index is 11.2. The van der Waals surface area contributed by atoms with Gasteiger partial charge in [-0.25, -0.2) is 0 Å². The smallest absolute Gasteiger partial charge is 0.308 e. The van der Waals surface area contributed by atoms with Crippen molar-refractivity contribution >= 4 is 5.97 Å². The monoisotopic (exact) mass is 186 g/mol. The van der Waals surface area contributed by atoms with Crippen molar-refractivity contribution in [2.75, 3.05) is 13.2 Å². The van der Waals surface area contributed by atoms with Crippen LogP contribution < -0.4 is 0 Å². The van der Waals surface area contributed by atoms with Crippen molar-refractivity contribution in [1.29, 1.82) is 0 Å². The molecule has 1 aliphatic rings. The normalized spacial score (nSPS) is 28.5. The van der Waals surface area contributed by atoms with Crippen molar-refractivity contribution in [2.24, 2.45) is 5.92 Å². The molecule has 0 aromatic heterocycles. The van der Waals surface area contributed by atoms with E-state index in [9.17, 15) is 4.79 Å². The van der Waals surface area contributed by atoms with Gasteiger partial charge in [0, 0.05) is 6.61 Å². The van der Waals surface area contributed by atoms with E-state index < -0.39 is 0 Å². The van der Waals surface area contributed by atoms with Gasteiger partial charge in [0.25, 0.3) is 0 Å². The van der Waals surface area contributed by atoms with E-state index in [2.05, 4.69) is 6.92 Å². The molecule has 2 atom stereocenters. The van der Waals surface area contributed by atoms with Crippen LogP contribution in [-0.4, -0.2) is 25.3 Å². The van der Waals surface area contributed by atoms with E-state index in [1.165, 1.54) is 0 Å². The van der Waals surface area contributed by atoms with Crippen molar-refractivity contribution in [1.82, 2.24) is 0 Å². The van der Waals surface area contributed by atoms with Gasteiger partial charge in [0.05, 0.1) is 19.1 Å². The zero-order valence-corrected chi connectivity index (χ0v) is 8.41. The Morgan fingerprint density at radius 1 is 1.62 bits per heavy atom. The minimum absolute atomic E-state index is 0.0767. The summed E-state index contributed by atoms with van der Waals surface area (Å²) in [5.41, 5.74) is 0. The molecule has 1 saturated heterocycles. The Hall–Kier alpha value is -0.570. The quantitative estimate of drug-likeness (QED) is 0.630. The number of hydrogen-bond acceptors (Lipinski definition) is 3.